The zero-order valence-corrected chi connectivity index (χ0v) is 16.2. The fourth-order valence-electron chi connectivity index (χ4n) is 2.78. The summed E-state index contributed by atoms with van der Waals surface area (Å²) in [5.74, 6) is 0.465. The van der Waals surface area contributed by atoms with Crippen molar-refractivity contribution in [2.45, 2.75) is 31.7 Å². The van der Waals surface area contributed by atoms with Crippen molar-refractivity contribution in [3.8, 4) is 5.75 Å². The molecular weight excluding hydrogens is 375 g/mol. The average molecular weight is 400 g/mol. The number of aromatic nitrogens is 1. The summed E-state index contributed by atoms with van der Waals surface area (Å²) in [6.45, 7) is 0. The summed E-state index contributed by atoms with van der Waals surface area (Å²) in [6, 6.07) is 9.33. The van der Waals surface area contributed by atoms with E-state index in [0.29, 0.717) is 11.4 Å². The summed E-state index contributed by atoms with van der Waals surface area (Å²) >= 11 is 0. The molecule has 0 saturated heterocycles. The van der Waals surface area contributed by atoms with Crippen molar-refractivity contribution in [3.05, 3.63) is 47.9 Å². The van der Waals surface area contributed by atoms with Crippen LogP contribution in [0.3, 0.4) is 0 Å². The van der Waals surface area contributed by atoms with Gasteiger partial charge in [-0.2, -0.15) is 5.10 Å². The Balaban J connectivity index is 0.000000278. The number of pyridine rings is 1. The molecule has 1 amide bonds. The minimum atomic E-state index is -0.253. The van der Waals surface area contributed by atoms with Gasteiger partial charge >= 0.3 is 0 Å². The SMILES string of the molecule is COc1ccc(F)cc1.N=C/C=N\Nc1ccc(N)nc1C(=O)NC1CCCC1. The fourth-order valence-corrected chi connectivity index (χ4v) is 2.78. The summed E-state index contributed by atoms with van der Waals surface area (Å²) in [5.41, 5.74) is 9.01. The summed E-state index contributed by atoms with van der Waals surface area (Å²) in [7, 11) is 1.55. The lowest BCUT2D eigenvalue weighted by atomic mass is 10.2. The highest BCUT2D eigenvalue weighted by molar-refractivity contribution is 6.14. The number of nitrogens with two attached hydrogens (primary N) is 1. The highest BCUT2D eigenvalue weighted by atomic mass is 19.1. The maximum atomic E-state index is 12.2. The molecule has 1 aliphatic carbocycles. The van der Waals surface area contributed by atoms with Gasteiger partial charge in [-0.1, -0.05) is 12.8 Å². The van der Waals surface area contributed by atoms with E-state index < -0.39 is 0 Å². The van der Waals surface area contributed by atoms with Crippen LogP contribution < -0.4 is 21.2 Å². The average Bonchev–Trinajstić information content (AvgIpc) is 3.23. The number of nitrogens with zero attached hydrogens (tertiary/aromatic N) is 2. The third-order valence-electron chi connectivity index (χ3n) is 4.21. The molecule has 1 heterocycles. The normalized spacial score (nSPS) is 13.4. The number of benzene rings is 1. The number of hydrogen-bond donors (Lipinski definition) is 4. The highest BCUT2D eigenvalue weighted by Gasteiger charge is 2.20. The van der Waals surface area contributed by atoms with Crippen LogP contribution in [-0.2, 0) is 0 Å². The van der Waals surface area contributed by atoms with Gasteiger partial charge < -0.3 is 21.2 Å². The minimum absolute atomic E-state index is 0.212. The third-order valence-corrected chi connectivity index (χ3v) is 4.21. The van der Waals surface area contributed by atoms with E-state index >= 15 is 0 Å². The van der Waals surface area contributed by atoms with Crippen molar-refractivity contribution in [1.29, 1.82) is 5.41 Å². The lowest BCUT2D eigenvalue weighted by molar-refractivity contribution is 0.0934. The van der Waals surface area contributed by atoms with Crippen LogP contribution >= 0.6 is 0 Å². The zero-order valence-electron chi connectivity index (χ0n) is 16.2. The van der Waals surface area contributed by atoms with Crippen LogP contribution in [0.1, 0.15) is 36.2 Å². The molecule has 1 aromatic carbocycles. The predicted molar refractivity (Wildman–Crippen MR) is 112 cm³/mol. The van der Waals surface area contributed by atoms with Gasteiger partial charge in [-0.15, -0.1) is 0 Å². The van der Waals surface area contributed by atoms with E-state index in [4.69, 9.17) is 15.9 Å². The molecule has 29 heavy (non-hydrogen) atoms. The monoisotopic (exact) mass is 400 g/mol. The van der Waals surface area contributed by atoms with Crippen LogP contribution in [0.4, 0.5) is 15.9 Å². The standard InChI is InChI=1S/C13H18N6O.C7H7FO/c14-7-8-16-19-10-5-6-11(15)18-12(10)13(20)17-9-3-1-2-4-9;1-9-7-4-2-6(8)3-5-7/h5-9,14,19H,1-4H2,(H2,15,18)(H,17,20);2-5H,1H3/b14-7?,16-8-;. The summed E-state index contributed by atoms with van der Waals surface area (Å²) in [6.07, 6.45) is 6.60. The topological polar surface area (TPSA) is 125 Å². The molecule has 0 bridgehead atoms. The molecule has 0 radical (unpaired) electrons. The van der Waals surface area contributed by atoms with Gasteiger partial charge in [-0.25, -0.2) is 9.37 Å². The molecule has 1 aromatic heterocycles. The number of nitrogen functional groups attached to an aromatic ring is 1. The van der Waals surface area contributed by atoms with Crippen molar-refractivity contribution in [3.63, 3.8) is 0 Å². The number of ether oxygens (including phenoxy) is 1. The molecule has 8 nitrogen and oxygen atoms in total. The first-order chi connectivity index (χ1) is 14.0. The van der Waals surface area contributed by atoms with Crippen molar-refractivity contribution in [2.75, 3.05) is 18.3 Å². The molecule has 1 aliphatic rings. The number of methoxy groups -OCH3 is 1. The third kappa shape index (κ3) is 7.21. The van der Waals surface area contributed by atoms with Crippen LogP contribution in [0, 0.1) is 11.2 Å². The van der Waals surface area contributed by atoms with Gasteiger partial charge in [0, 0.05) is 12.3 Å². The second-order valence-corrected chi connectivity index (χ2v) is 6.30. The number of anilines is 2. The quantitative estimate of drug-likeness (QED) is 0.438. The smallest absolute Gasteiger partial charge is 0.272 e. The van der Waals surface area contributed by atoms with Gasteiger partial charge in [0.1, 0.15) is 17.4 Å². The van der Waals surface area contributed by atoms with E-state index in [1.165, 1.54) is 18.3 Å². The molecule has 1 fully saturated rings. The van der Waals surface area contributed by atoms with E-state index in [1.54, 1.807) is 31.4 Å². The number of carbonyl (C=O) groups is 1. The summed E-state index contributed by atoms with van der Waals surface area (Å²) in [5, 5.41) is 13.6. The van der Waals surface area contributed by atoms with E-state index in [0.717, 1.165) is 31.9 Å². The Bertz CT molecular complexity index is 835. The van der Waals surface area contributed by atoms with E-state index in [9.17, 15) is 9.18 Å². The molecule has 0 unspecified atom stereocenters. The molecule has 0 atom stereocenters. The number of hydrogen-bond acceptors (Lipinski definition) is 7. The number of nitrogens with one attached hydrogen (secondary N) is 3. The Morgan fingerprint density at radius 3 is 2.59 bits per heavy atom. The lowest BCUT2D eigenvalue weighted by Gasteiger charge is -2.13. The van der Waals surface area contributed by atoms with E-state index in [1.807, 2.05) is 0 Å². The minimum Gasteiger partial charge on any atom is -0.497 e. The van der Waals surface area contributed by atoms with Gasteiger partial charge in [-0.3, -0.25) is 10.2 Å². The van der Waals surface area contributed by atoms with Crippen LogP contribution in [0.2, 0.25) is 0 Å². The Hall–Kier alpha value is -3.49. The highest BCUT2D eigenvalue weighted by Crippen LogP contribution is 2.20. The lowest BCUT2D eigenvalue weighted by Crippen LogP contribution is -2.33. The van der Waals surface area contributed by atoms with Crippen molar-refractivity contribution in [2.24, 2.45) is 5.10 Å². The van der Waals surface area contributed by atoms with Crippen LogP contribution in [0.25, 0.3) is 0 Å². The molecule has 0 spiro atoms. The Labute approximate surface area is 168 Å². The number of hydrazone groups is 1. The van der Waals surface area contributed by atoms with Crippen LogP contribution in [0.5, 0.6) is 5.75 Å². The molecule has 5 N–H and O–H groups in total. The Morgan fingerprint density at radius 1 is 1.28 bits per heavy atom. The molecule has 1 saturated carbocycles. The number of amides is 1. The van der Waals surface area contributed by atoms with Gasteiger partial charge in [-0.05, 0) is 49.2 Å². The van der Waals surface area contributed by atoms with E-state index in [-0.39, 0.29) is 29.3 Å². The largest absolute Gasteiger partial charge is 0.497 e. The first-order valence-electron chi connectivity index (χ1n) is 9.18. The first kappa shape index (κ1) is 21.8. The molecular formula is C20H25FN6O2. The van der Waals surface area contributed by atoms with Crippen LogP contribution in [-0.4, -0.2) is 36.5 Å². The molecule has 3 rings (SSSR count). The maximum Gasteiger partial charge on any atom is 0.272 e. The number of halogens is 1. The molecule has 0 aliphatic heterocycles. The van der Waals surface area contributed by atoms with E-state index in [2.05, 4.69) is 20.8 Å². The van der Waals surface area contributed by atoms with Crippen molar-refractivity contribution >= 4 is 29.8 Å². The Morgan fingerprint density at radius 2 is 1.97 bits per heavy atom. The summed E-state index contributed by atoms with van der Waals surface area (Å²) in [4.78, 5) is 16.3. The van der Waals surface area contributed by atoms with Crippen LogP contribution in [0.15, 0.2) is 41.5 Å². The van der Waals surface area contributed by atoms with Crippen molar-refractivity contribution in [1.82, 2.24) is 10.3 Å². The number of carbonyl (C=O) groups excluding carboxylic acids is 1. The molecule has 9 heteroatoms. The predicted octanol–water partition coefficient (Wildman–Crippen LogP) is 3.22. The zero-order chi connectivity index (χ0) is 21.1. The van der Waals surface area contributed by atoms with Crippen molar-refractivity contribution < 1.29 is 13.9 Å². The molecule has 2 aromatic rings. The second kappa shape index (κ2) is 11.4. The Kier molecular flexibility index (Phi) is 8.55. The number of rotatable bonds is 6. The maximum absolute atomic E-state index is 12.2. The van der Waals surface area contributed by atoms with Gasteiger partial charge in [0.15, 0.2) is 5.69 Å². The molecule has 154 valence electrons. The van der Waals surface area contributed by atoms with Gasteiger partial charge in [0.25, 0.3) is 5.91 Å². The second-order valence-electron chi connectivity index (χ2n) is 6.30. The fraction of sp³-hybridized carbons (Fsp3) is 0.300. The van der Waals surface area contributed by atoms with Gasteiger partial charge in [0.2, 0.25) is 0 Å². The summed E-state index contributed by atoms with van der Waals surface area (Å²) < 4.78 is 17.0. The first-order valence-corrected chi connectivity index (χ1v) is 9.18. The van der Waals surface area contributed by atoms with Gasteiger partial charge in [0.05, 0.1) is 19.0 Å².